The van der Waals surface area contributed by atoms with Crippen molar-refractivity contribution < 1.29 is 5.11 Å². The van der Waals surface area contributed by atoms with Crippen LogP contribution < -0.4 is 5.43 Å². The Bertz CT molecular complexity index is 694. The van der Waals surface area contributed by atoms with Crippen molar-refractivity contribution in [1.82, 2.24) is 5.43 Å². The Balaban J connectivity index is 2.14. The summed E-state index contributed by atoms with van der Waals surface area (Å²) >= 11 is 0. The van der Waals surface area contributed by atoms with E-state index >= 15 is 0 Å². The van der Waals surface area contributed by atoms with E-state index in [-0.39, 0.29) is 16.6 Å². The molecule has 1 aromatic rings. The Morgan fingerprint density at radius 2 is 1.92 bits per heavy atom. The van der Waals surface area contributed by atoms with Gasteiger partial charge in [-0.05, 0) is 53.9 Å². The Kier molecular flexibility index (Phi) is 5.71. The largest absolute Gasteiger partial charge is 0.508 e. The van der Waals surface area contributed by atoms with E-state index < -0.39 is 0 Å². The third kappa shape index (κ3) is 5.45. The first kappa shape index (κ1) is 19.2. The number of nitrogens with one attached hydrogen (secondary N) is 2. The molecular formula is C21H31N3O. The van der Waals surface area contributed by atoms with E-state index in [0.29, 0.717) is 18.0 Å². The summed E-state index contributed by atoms with van der Waals surface area (Å²) in [6.07, 6.45) is 6.61. The van der Waals surface area contributed by atoms with E-state index in [0.717, 1.165) is 24.8 Å². The molecule has 0 heterocycles. The van der Waals surface area contributed by atoms with Crippen LogP contribution in [0.25, 0.3) is 0 Å². The summed E-state index contributed by atoms with van der Waals surface area (Å²) in [5.74, 6) is 0.275. The summed E-state index contributed by atoms with van der Waals surface area (Å²) in [4.78, 5) is 0. The average molecular weight is 341 g/mol. The zero-order valence-electron chi connectivity index (χ0n) is 16.1. The highest BCUT2D eigenvalue weighted by molar-refractivity contribution is 6.45. The number of rotatable bonds is 5. The SMILES string of the molecule is CC(C)(C)CC(C)(C)c1ccc(O)c(CN/N=C2/C=CCCC2=N)c1. The second-order valence-corrected chi connectivity index (χ2v) is 8.72. The van der Waals surface area contributed by atoms with Crippen molar-refractivity contribution in [2.75, 3.05) is 0 Å². The predicted octanol–water partition coefficient (Wildman–Crippen LogP) is 4.92. The Morgan fingerprint density at radius 3 is 2.56 bits per heavy atom. The molecule has 0 aliphatic heterocycles. The molecule has 0 fully saturated rings. The van der Waals surface area contributed by atoms with Crippen LogP contribution in [-0.2, 0) is 12.0 Å². The highest BCUT2D eigenvalue weighted by Gasteiger charge is 2.27. The first-order chi connectivity index (χ1) is 11.6. The molecule has 2 rings (SSSR count). The van der Waals surface area contributed by atoms with Crippen molar-refractivity contribution in [3.63, 3.8) is 0 Å². The van der Waals surface area contributed by atoms with Crippen LogP contribution in [0.15, 0.2) is 35.5 Å². The van der Waals surface area contributed by atoms with Crippen LogP contribution in [-0.4, -0.2) is 16.5 Å². The van der Waals surface area contributed by atoms with Gasteiger partial charge in [0.15, 0.2) is 0 Å². The van der Waals surface area contributed by atoms with E-state index in [9.17, 15) is 5.11 Å². The fourth-order valence-electron chi connectivity index (χ4n) is 3.54. The molecule has 25 heavy (non-hydrogen) atoms. The number of hydrogen-bond donors (Lipinski definition) is 3. The Hall–Kier alpha value is -2.10. The van der Waals surface area contributed by atoms with Crippen molar-refractivity contribution in [2.45, 2.75) is 65.8 Å². The average Bonchev–Trinajstić information content (AvgIpc) is 2.48. The van der Waals surface area contributed by atoms with Gasteiger partial charge in [-0.25, -0.2) is 0 Å². The second kappa shape index (κ2) is 7.42. The zero-order chi connectivity index (χ0) is 18.7. The molecule has 0 radical (unpaired) electrons. The number of phenols is 1. The van der Waals surface area contributed by atoms with Crippen molar-refractivity contribution in [3.05, 3.63) is 41.5 Å². The molecule has 0 atom stereocenters. The van der Waals surface area contributed by atoms with E-state index in [1.165, 1.54) is 5.56 Å². The van der Waals surface area contributed by atoms with Crippen LogP contribution in [0.3, 0.4) is 0 Å². The normalized spacial score (nSPS) is 17.2. The lowest BCUT2D eigenvalue weighted by molar-refractivity contribution is 0.284. The van der Waals surface area contributed by atoms with Gasteiger partial charge < -0.3 is 15.9 Å². The summed E-state index contributed by atoms with van der Waals surface area (Å²) in [6, 6.07) is 5.85. The summed E-state index contributed by atoms with van der Waals surface area (Å²) in [7, 11) is 0. The van der Waals surface area contributed by atoms with Crippen LogP contribution in [0, 0.1) is 10.8 Å². The molecule has 1 aliphatic rings. The standard InChI is InChI=1S/C21H31N3O/c1-20(2,3)14-21(4,5)16-10-11-19(25)15(12-16)13-23-24-18-9-7-6-8-17(18)22/h7,9-12,22-23,25H,6,8,13-14H2,1-5H3/b22-17?,24-18-. The van der Waals surface area contributed by atoms with Gasteiger partial charge in [-0.15, -0.1) is 0 Å². The predicted molar refractivity (Wildman–Crippen MR) is 106 cm³/mol. The van der Waals surface area contributed by atoms with Crippen molar-refractivity contribution >= 4 is 11.4 Å². The molecule has 3 N–H and O–H groups in total. The summed E-state index contributed by atoms with van der Waals surface area (Å²) in [5.41, 5.74) is 6.55. The number of aromatic hydroxyl groups is 1. The van der Waals surface area contributed by atoms with Crippen LogP contribution in [0.5, 0.6) is 5.75 Å². The minimum Gasteiger partial charge on any atom is -0.508 e. The first-order valence-corrected chi connectivity index (χ1v) is 8.96. The number of hydrogen-bond acceptors (Lipinski definition) is 4. The van der Waals surface area contributed by atoms with Crippen LogP contribution in [0.1, 0.15) is 65.0 Å². The van der Waals surface area contributed by atoms with Crippen LogP contribution in [0.4, 0.5) is 0 Å². The van der Waals surface area contributed by atoms with Gasteiger partial charge in [-0.1, -0.05) is 46.8 Å². The minimum absolute atomic E-state index is 0.0286. The molecule has 1 aliphatic carbocycles. The third-order valence-electron chi connectivity index (χ3n) is 4.45. The van der Waals surface area contributed by atoms with Crippen molar-refractivity contribution in [3.8, 4) is 5.75 Å². The molecule has 0 saturated heterocycles. The van der Waals surface area contributed by atoms with Crippen molar-refractivity contribution in [2.24, 2.45) is 10.5 Å². The van der Waals surface area contributed by atoms with Gasteiger partial charge >= 0.3 is 0 Å². The van der Waals surface area contributed by atoms with Gasteiger partial charge in [0.05, 0.1) is 12.3 Å². The van der Waals surface area contributed by atoms with Gasteiger partial charge in [0.2, 0.25) is 0 Å². The van der Waals surface area contributed by atoms with Gasteiger partial charge in [0, 0.05) is 5.56 Å². The van der Waals surface area contributed by atoms with E-state index in [1.54, 1.807) is 6.07 Å². The van der Waals surface area contributed by atoms with E-state index in [4.69, 9.17) is 5.41 Å². The number of allylic oxidation sites excluding steroid dienone is 2. The molecule has 136 valence electrons. The van der Waals surface area contributed by atoms with Crippen LogP contribution in [0.2, 0.25) is 0 Å². The smallest absolute Gasteiger partial charge is 0.120 e. The fourth-order valence-corrected chi connectivity index (χ4v) is 3.54. The summed E-state index contributed by atoms with van der Waals surface area (Å²) in [5, 5.41) is 22.4. The first-order valence-electron chi connectivity index (χ1n) is 8.96. The quantitative estimate of drug-likeness (QED) is 0.665. The molecular weight excluding hydrogens is 310 g/mol. The fraction of sp³-hybridized carbons (Fsp3) is 0.524. The van der Waals surface area contributed by atoms with E-state index in [2.05, 4.69) is 51.2 Å². The highest BCUT2D eigenvalue weighted by Crippen LogP contribution is 2.37. The maximum absolute atomic E-state index is 10.2. The lowest BCUT2D eigenvalue weighted by Gasteiger charge is -2.33. The Labute approximate surface area is 151 Å². The Morgan fingerprint density at radius 1 is 1.20 bits per heavy atom. The van der Waals surface area contributed by atoms with E-state index in [1.807, 2.05) is 18.2 Å². The number of hydrazone groups is 1. The molecule has 4 heteroatoms. The molecule has 1 aromatic carbocycles. The maximum atomic E-state index is 10.2. The summed E-state index contributed by atoms with van der Waals surface area (Å²) in [6.45, 7) is 11.7. The third-order valence-corrected chi connectivity index (χ3v) is 4.45. The van der Waals surface area contributed by atoms with Gasteiger partial charge in [0.1, 0.15) is 11.5 Å². The molecule has 4 nitrogen and oxygen atoms in total. The number of phenolic OH excluding ortho intramolecular Hbond substituents is 1. The highest BCUT2D eigenvalue weighted by atomic mass is 16.3. The maximum Gasteiger partial charge on any atom is 0.120 e. The monoisotopic (exact) mass is 341 g/mol. The topological polar surface area (TPSA) is 68.5 Å². The van der Waals surface area contributed by atoms with Crippen molar-refractivity contribution in [1.29, 1.82) is 5.41 Å². The molecule has 0 spiro atoms. The lowest BCUT2D eigenvalue weighted by atomic mass is 9.72. The lowest BCUT2D eigenvalue weighted by Crippen LogP contribution is -2.25. The van der Waals surface area contributed by atoms with Crippen LogP contribution >= 0.6 is 0 Å². The zero-order valence-corrected chi connectivity index (χ0v) is 16.1. The summed E-state index contributed by atoms with van der Waals surface area (Å²) < 4.78 is 0. The van der Waals surface area contributed by atoms with Gasteiger partial charge in [-0.3, -0.25) is 0 Å². The minimum atomic E-state index is 0.0286. The van der Waals surface area contributed by atoms with Gasteiger partial charge in [0.25, 0.3) is 0 Å². The molecule has 0 saturated carbocycles. The molecule has 0 bridgehead atoms. The number of benzene rings is 1. The molecule has 0 unspecified atom stereocenters. The number of nitrogens with zero attached hydrogens (tertiary/aromatic N) is 1. The second-order valence-electron chi connectivity index (χ2n) is 8.72. The van der Waals surface area contributed by atoms with Gasteiger partial charge in [-0.2, -0.15) is 5.10 Å². The molecule has 0 aromatic heterocycles. The molecule has 0 amide bonds.